The van der Waals surface area contributed by atoms with Crippen LogP contribution in [-0.4, -0.2) is 37.1 Å². The molecule has 1 saturated heterocycles. The first kappa shape index (κ1) is 21.8. The van der Waals surface area contributed by atoms with E-state index in [1.54, 1.807) is 31.1 Å². The zero-order chi connectivity index (χ0) is 23.4. The van der Waals surface area contributed by atoms with Crippen molar-refractivity contribution in [3.63, 3.8) is 0 Å². The maximum absolute atomic E-state index is 13.0. The molecule has 8 nitrogen and oxygen atoms in total. The molecule has 0 radical (unpaired) electrons. The third-order valence-electron chi connectivity index (χ3n) is 7.35. The fraction of sp³-hybridized carbons (Fsp3) is 0.520. The molecule has 174 valence electrons. The third-order valence-corrected chi connectivity index (χ3v) is 7.35. The van der Waals surface area contributed by atoms with Crippen LogP contribution in [0.4, 0.5) is 11.5 Å². The molecule has 33 heavy (non-hydrogen) atoms. The van der Waals surface area contributed by atoms with Crippen molar-refractivity contribution in [1.29, 1.82) is 0 Å². The predicted octanol–water partition coefficient (Wildman–Crippen LogP) is 3.64. The number of aromatic nitrogens is 4. The molecule has 8 heteroatoms. The minimum absolute atomic E-state index is 0.0588. The molecule has 2 atom stereocenters. The summed E-state index contributed by atoms with van der Waals surface area (Å²) in [4.78, 5) is 28.2. The summed E-state index contributed by atoms with van der Waals surface area (Å²) < 4.78 is 2.21. The number of carbonyl (C=O) groups is 1. The highest BCUT2D eigenvalue weighted by atomic mass is 16.3. The first-order valence-corrected chi connectivity index (χ1v) is 11.6. The highest BCUT2D eigenvalue weighted by Crippen LogP contribution is 2.52. The Morgan fingerprint density at radius 2 is 2.00 bits per heavy atom. The van der Waals surface area contributed by atoms with Crippen LogP contribution in [0.2, 0.25) is 0 Å². The van der Waals surface area contributed by atoms with Gasteiger partial charge in [-0.3, -0.25) is 14.7 Å². The molecule has 3 heterocycles. The van der Waals surface area contributed by atoms with Crippen LogP contribution in [0.25, 0.3) is 11.0 Å². The van der Waals surface area contributed by atoms with Crippen molar-refractivity contribution >= 4 is 28.4 Å². The first-order chi connectivity index (χ1) is 15.6. The van der Waals surface area contributed by atoms with E-state index in [9.17, 15) is 9.90 Å². The lowest BCUT2D eigenvalue weighted by Crippen LogP contribution is -2.39. The zero-order valence-electron chi connectivity index (χ0n) is 19.6. The van der Waals surface area contributed by atoms with Gasteiger partial charge >= 0.3 is 0 Å². The number of imidazole rings is 1. The van der Waals surface area contributed by atoms with Crippen LogP contribution in [0.5, 0.6) is 0 Å². The molecule has 5 rings (SSSR count). The van der Waals surface area contributed by atoms with E-state index in [2.05, 4.69) is 26.4 Å². The zero-order valence-corrected chi connectivity index (χ0v) is 19.6. The molecule has 1 aliphatic heterocycles. The smallest absolute Gasteiger partial charge is 0.228 e. The quantitative estimate of drug-likeness (QED) is 0.590. The number of carbonyl (C=O) groups excluding carboxylic acids is 1. The molecule has 3 aromatic rings. The van der Waals surface area contributed by atoms with Gasteiger partial charge < -0.3 is 15.4 Å². The van der Waals surface area contributed by atoms with Crippen LogP contribution in [0.15, 0.2) is 36.9 Å². The van der Waals surface area contributed by atoms with Gasteiger partial charge in [-0.25, -0.2) is 9.97 Å². The topological polar surface area (TPSA) is 110 Å². The largest absolute Gasteiger partial charge is 0.399 e. The maximum Gasteiger partial charge on any atom is 0.228 e. The lowest BCUT2D eigenvalue weighted by molar-refractivity contribution is -0.118. The molecule has 1 aromatic carbocycles. The summed E-state index contributed by atoms with van der Waals surface area (Å²) in [5.74, 6) is 0.665. The van der Waals surface area contributed by atoms with E-state index in [-0.39, 0.29) is 16.7 Å². The normalized spacial score (nSPS) is 25.9. The molecular formula is C25H32N6O2. The molecule has 1 amide bonds. The van der Waals surface area contributed by atoms with Crippen LogP contribution in [0.1, 0.15) is 58.6 Å². The van der Waals surface area contributed by atoms with Gasteiger partial charge in [-0.05, 0) is 62.1 Å². The molecule has 0 unspecified atom stereocenters. The Morgan fingerprint density at radius 3 is 2.73 bits per heavy atom. The fourth-order valence-electron chi connectivity index (χ4n) is 5.89. The van der Waals surface area contributed by atoms with Crippen LogP contribution in [-0.2, 0) is 16.9 Å². The average Bonchev–Trinajstić information content (AvgIpc) is 3.27. The summed E-state index contributed by atoms with van der Waals surface area (Å²) in [6, 6.07) is 5.83. The molecule has 2 aliphatic rings. The van der Waals surface area contributed by atoms with Crippen molar-refractivity contribution < 1.29 is 9.90 Å². The fourth-order valence-corrected chi connectivity index (χ4v) is 5.89. The number of benzene rings is 1. The minimum atomic E-state index is -1.06. The van der Waals surface area contributed by atoms with E-state index in [0.717, 1.165) is 48.9 Å². The van der Waals surface area contributed by atoms with Gasteiger partial charge in [-0.1, -0.05) is 13.3 Å². The lowest BCUT2D eigenvalue weighted by Gasteiger charge is -2.44. The van der Waals surface area contributed by atoms with Crippen molar-refractivity contribution in [3.8, 4) is 0 Å². The summed E-state index contributed by atoms with van der Waals surface area (Å²) in [5, 5.41) is 10.1. The van der Waals surface area contributed by atoms with Gasteiger partial charge in [-0.15, -0.1) is 0 Å². The average molecular weight is 449 g/mol. The van der Waals surface area contributed by atoms with Crippen LogP contribution in [0, 0.1) is 10.8 Å². The number of rotatable bonds is 4. The van der Waals surface area contributed by atoms with Gasteiger partial charge in [-0.2, -0.15) is 0 Å². The molecule has 2 fully saturated rings. The Balaban J connectivity index is 1.36. The number of nitrogens with two attached hydrogens (primary N) is 1. The van der Waals surface area contributed by atoms with Crippen LogP contribution in [0.3, 0.4) is 0 Å². The Kier molecular flexibility index (Phi) is 4.97. The van der Waals surface area contributed by atoms with E-state index in [4.69, 9.17) is 5.73 Å². The second-order valence-electron chi connectivity index (χ2n) is 10.9. The summed E-state index contributed by atoms with van der Waals surface area (Å²) in [7, 11) is 0. The Morgan fingerprint density at radius 1 is 1.18 bits per heavy atom. The number of anilines is 2. The van der Waals surface area contributed by atoms with Crippen molar-refractivity contribution in [2.45, 2.75) is 65.0 Å². The van der Waals surface area contributed by atoms with Crippen molar-refractivity contribution in [2.24, 2.45) is 10.8 Å². The molecule has 1 saturated carbocycles. The summed E-state index contributed by atoms with van der Waals surface area (Å²) in [6.07, 6.45) is 9.83. The number of nitrogen functional groups attached to an aromatic ring is 1. The van der Waals surface area contributed by atoms with Gasteiger partial charge in [0.15, 0.2) is 5.82 Å². The Bertz CT molecular complexity index is 1200. The summed E-state index contributed by atoms with van der Waals surface area (Å²) in [5.41, 5.74) is 8.20. The highest BCUT2D eigenvalue weighted by molar-refractivity contribution is 5.95. The number of amides is 1. The summed E-state index contributed by atoms with van der Waals surface area (Å²) in [6.45, 7) is 7.19. The SMILES string of the molecule is CC(C)(O)c1cnc(N2C[C@@]3(CCC[C@](C)(Cn4cnc5ccc(N)cc54)C3)CC2=O)cn1. The predicted molar refractivity (Wildman–Crippen MR) is 127 cm³/mol. The molecule has 1 spiro atoms. The van der Waals surface area contributed by atoms with E-state index in [0.29, 0.717) is 24.5 Å². The van der Waals surface area contributed by atoms with Gasteiger partial charge in [0.25, 0.3) is 0 Å². The number of fused-ring (bicyclic) bond motifs is 1. The third kappa shape index (κ3) is 4.08. The maximum atomic E-state index is 13.0. The van der Waals surface area contributed by atoms with Crippen LogP contribution >= 0.6 is 0 Å². The molecule has 3 N–H and O–H groups in total. The number of aliphatic hydroxyl groups is 1. The number of hydrogen-bond donors (Lipinski definition) is 2. The van der Waals surface area contributed by atoms with Gasteiger partial charge in [0.05, 0.1) is 35.4 Å². The van der Waals surface area contributed by atoms with E-state index >= 15 is 0 Å². The van der Waals surface area contributed by atoms with Gasteiger partial charge in [0, 0.05) is 25.2 Å². The van der Waals surface area contributed by atoms with Crippen molar-refractivity contribution in [3.05, 3.63) is 42.6 Å². The van der Waals surface area contributed by atoms with Gasteiger partial charge in [0.2, 0.25) is 5.91 Å². The van der Waals surface area contributed by atoms with Crippen molar-refractivity contribution in [1.82, 2.24) is 19.5 Å². The molecule has 0 bridgehead atoms. The van der Waals surface area contributed by atoms with E-state index < -0.39 is 5.60 Å². The standard InChI is InChI=1S/C25H32N6O2/c1-23(2,33)20-11-28-21(12-27-20)31-15-25(10-22(31)32)8-4-7-24(3,13-25)14-30-16-29-18-6-5-17(26)9-19(18)30/h5-6,9,11-12,16,33H,4,7-8,10,13-15,26H2,1-3H3/t24-,25-/m0/s1. The Labute approximate surface area is 193 Å². The van der Waals surface area contributed by atoms with Crippen molar-refractivity contribution in [2.75, 3.05) is 17.2 Å². The number of hydrogen-bond acceptors (Lipinski definition) is 6. The first-order valence-electron chi connectivity index (χ1n) is 11.6. The molecular weight excluding hydrogens is 416 g/mol. The highest BCUT2D eigenvalue weighted by Gasteiger charge is 2.50. The van der Waals surface area contributed by atoms with Crippen LogP contribution < -0.4 is 10.6 Å². The molecule has 2 aromatic heterocycles. The van der Waals surface area contributed by atoms with Gasteiger partial charge in [0.1, 0.15) is 5.60 Å². The lowest BCUT2D eigenvalue weighted by atomic mass is 9.62. The Hall–Kier alpha value is -3.00. The molecule has 1 aliphatic carbocycles. The minimum Gasteiger partial charge on any atom is -0.399 e. The second-order valence-corrected chi connectivity index (χ2v) is 10.9. The summed E-state index contributed by atoms with van der Waals surface area (Å²) >= 11 is 0. The van der Waals surface area contributed by atoms with E-state index in [1.165, 1.54) is 0 Å². The number of nitrogens with zero attached hydrogens (tertiary/aromatic N) is 5. The monoisotopic (exact) mass is 448 g/mol. The van der Waals surface area contributed by atoms with E-state index in [1.807, 2.05) is 24.5 Å². The second kappa shape index (κ2) is 7.52.